The van der Waals surface area contributed by atoms with Crippen LogP contribution in [0.3, 0.4) is 0 Å². The third-order valence-electron chi connectivity index (χ3n) is 2.80. The first-order valence-corrected chi connectivity index (χ1v) is 6.04. The fraction of sp³-hybridized carbons (Fsp3) is 0.833. The van der Waals surface area contributed by atoms with Crippen LogP contribution in [0.25, 0.3) is 0 Å². The fourth-order valence-electron chi connectivity index (χ4n) is 1.25. The minimum absolute atomic E-state index is 0.00582. The van der Waals surface area contributed by atoms with Crippen molar-refractivity contribution in [1.82, 2.24) is 10.2 Å². The largest absolute Gasteiger partial charge is 0.481 e. The van der Waals surface area contributed by atoms with Crippen LogP contribution in [-0.2, 0) is 4.79 Å². The lowest BCUT2D eigenvalue weighted by atomic mass is 10.1. The van der Waals surface area contributed by atoms with Gasteiger partial charge in [0.1, 0.15) is 0 Å². The van der Waals surface area contributed by atoms with Gasteiger partial charge in [0, 0.05) is 18.6 Å². The lowest BCUT2D eigenvalue weighted by Gasteiger charge is -2.29. The van der Waals surface area contributed by atoms with Gasteiger partial charge < -0.3 is 15.3 Å². The van der Waals surface area contributed by atoms with Gasteiger partial charge in [-0.2, -0.15) is 0 Å². The zero-order valence-corrected chi connectivity index (χ0v) is 11.4. The molecule has 1 unspecified atom stereocenters. The third kappa shape index (κ3) is 6.14. The molecule has 0 radical (unpaired) electrons. The van der Waals surface area contributed by atoms with Crippen LogP contribution in [-0.4, -0.2) is 40.6 Å². The highest BCUT2D eigenvalue weighted by Gasteiger charge is 2.20. The van der Waals surface area contributed by atoms with Gasteiger partial charge in [0.2, 0.25) is 0 Å². The van der Waals surface area contributed by atoms with Crippen molar-refractivity contribution in [2.24, 2.45) is 5.92 Å². The number of carboxylic acids is 1. The average molecular weight is 244 g/mol. The minimum Gasteiger partial charge on any atom is -0.481 e. The molecule has 5 nitrogen and oxygen atoms in total. The Morgan fingerprint density at radius 1 is 1.18 bits per heavy atom. The summed E-state index contributed by atoms with van der Waals surface area (Å²) in [4.78, 5) is 24.0. The van der Waals surface area contributed by atoms with Crippen LogP contribution in [0.5, 0.6) is 0 Å². The van der Waals surface area contributed by atoms with E-state index in [0.29, 0.717) is 5.92 Å². The molecule has 2 N–H and O–H groups in total. The van der Waals surface area contributed by atoms with Crippen molar-refractivity contribution in [3.05, 3.63) is 0 Å². The lowest BCUT2D eigenvalue weighted by Crippen LogP contribution is -2.48. The molecule has 0 saturated heterocycles. The van der Waals surface area contributed by atoms with Crippen molar-refractivity contribution in [2.45, 2.75) is 53.1 Å². The number of urea groups is 1. The number of carbonyl (C=O) groups is 2. The third-order valence-corrected chi connectivity index (χ3v) is 2.80. The van der Waals surface area contributed by atoms with Gasteiger partial charge in [-0.3, -0.25) is 4.79 Å². The molecule has 0 saturated carbocycles. The second-order valence-corrected chi connectivity index (χ2v) is 4.91. The summed E-state index contributed by atoms with van der Waals surface area (Å²) in [7, 11) is 0. The number of amides is 2. The van der Waals surface area contributed by atoms with E-state index in [-0.39, 0.29) is 31.1 Å². The average Bonchev–Trinajstić information content (AvgIpc) is 2.16. The first-order valence-electron chi connectivity index (χ1n) is 6.04. The van der Waals surface area contributed by atoms with Crippen LogP contribution < -0.4 is 5.32 Å². The van der Waals surface area contributed by atoms with Gasteiger partial charge in [-0.1, -0.05) is 13.8 Å². The van der Waals surface area contributed by atoms with E-state index in [1.54, 1.807) is 4.90 Å². The number of hydrogen-bond acceptors (Lipinski definition) is 2. The van der Waals surface area contributed by atoms with Gasteiger partial charge in [-0.05, 0) is 26.7 Å². The highest BCUT2D eigenvalue weighted by Crippen LogP contribution is 2.05. The monoisotopic (exact) mass is 244 g/mol. The molecule has 0 aromatic carbocycles. The second kappa shape index (κ2) is 7.14. The molecular formula is C12H24N2O3. The van der Waals surface area contributed by atoms with Crippen molar-refractivity contribution < 1.29 is 14.7 Å². The first kappa shape index (κ1) is 15.7. The van der Waals surface area contributed by atoms with Crippen molar-refractivity contribution in [1.29, 1.82) is 0 Å². The zero-order chi connectivity index (χ0) is 13.6. The molecule has 100 valence electrons. The molecule has 0 aromatic rings. The van der Waals surface area contributed by atoms with E-state index in [0.717, 1.165) is 0 Å². The highest BCUT2D eigenvalue weighted by atomic mass is 16.4. The predicted octanol–water partition coefficient (Wildman–Crippen LogP) is 1.93. The Morgan fingerprint density at radius 2 is 1.71 bits per heavy atom. The minimum atomic E-state index is -0.889. The van der Waals surface area contributed by atoms with Gasteiger partial charge >= 0.3 is 12.0 Å². The lowest BCUT2D eigenvalue weighted by molar-refractivity contribution is -0.137. The van der Waals surface area contributed by atoms with E-state index in [4.69, 9.17) is 5.11 Å². The molecule has 0 heterocycles. The van der Waals surface area contributed by atoms with Crippen LogP contribution in [0.2, 0.25) is 0 Å². The van der Waals surface area contributed by atoms with E-state index in [9.17, 15) is 9.59 Å². The van der Waals surface area contributed by atoms with Gasteiger partial charge in [0.05, 0.1) is 6.42 Å². The number of carboxylic acid groups (broad SMARTS) is 1. The van der Waals surface area contributed by atoms with E-state index >= 15 is 0 Å². The van der Waals surface area contributed by atoms with Gasteiger partial charge in [-0.25, -0.2) is 4.79 Å². The molecule has 17 heavy (non-hydrogen) atoms. The zero-order valence-electron chi connectivity index (χ0n) is 11.4. The summed E-state index contributed by atoms with van der Waals surface area (Å²) in [5, 5.41) is 11.5. The van der Waals surface area contributed by atoms with E-state index < -0.39 is 5.97 Å². The Hall–Kier alpha value is -1.26. The number of rotatable bonds is 6. The fourth-order valence-corrected chi connectivity index (χ4v) is 1.25. The Labute approximate surface area is 103 Å². The number of nitrogens with one attached hydrogen (secondary N) is 1. The SMILES string of the molecule is CC(C)C(C)NC(=O)N(CCC(=O)O)C(C)C. The molecule has 5 heteroatoms. The first-order chi connectivity index (χ1) is 7.75. The van der Waals surface area contributed by atoms with Crippen molar-refractivity contribution in [3.8, 4) is 0 Å². The van der Waals surface area contributed by atoms with Crippen LogP contribution in [0.15, 0.2) is 0 Å². The molecular weight excluding hydrogens is 220 g/mol. The second-order valence-electron chi connectivity index (χ2n) is 4.91. The summed E-state index contributed by atoms with van der Waals surface area (Å²) in [5.41, 5.74) is 0. The molecule has 2 amide bonds. The Kier molecular flexibility index (Phi) is 6.61. The van der Waals surface area contributed by atoms with Crippen molar-refractivity contribution >= 4 is 12.0 Å². The van der Waals surface area contributed by atoms with Crippen LogP contribution in [0.1, 0.15) is 41.0 Å². The predicted molar refractivity (Wildman–Crippen MR) is 66.9 cm³/mol. The molecule has 0 aliphatic rings. The van der Waals surface area contributed by atoms with Crippen molar-refractivity contribution in [3.63, 3.8) is 0 Å². The number of carbonyl (C=O) groups excluding carboxylic acids is 1. The van der Waals surface area contributed by atoms with Crippen LogP contribution in [0.4, 0.5) is 4.79 Å². The van der Waals surface area contributed by atoms with Crippen LogP contribution >= 0.6 is 0 Å². The Balaban J connectivity index is 4.39. The molecule has 0 aliphatic carbocycles. The summed E-state index contributed by atoms with van der Waals surface area (Å²) in [6.07, 6.45) is -0.0261. The standard InChI is InChI=1S/C12H24N2O3/c1-8(2)10(5)13-12(17)14(9(3)4)7-6-11(15)16/h8-10H,6-7H2,1-5H3,(H,13,17)(H,15,16). The molecule has 0 bridgehead atoms. The smallest absolute Gasteiger partial charge is 0.317 e. The molecule has 0 spiro atoms. The Bertz CT molecular complexity index is 264. The van der Waals surface area contributed by atoms with E-state index in [1.165, 1.54) is 0 Å². The normalized spacial score (nSPS) is 12.6. The van der Waals surface area contributed by atoms with Gasteiger partial charge in [0.15, 0.2) is 0 Å². The highest BCUT2D eigenvalue weighted by molar-refractivity contribution is 5.75. The summed E-state index contributed by atoms with van der Waals surface area (Å²) in [6, 6.07) is -0.121. The topological polar surface area (TPSA) is 69.6 Å². The number of aliphatic carboxylic acids is 1. The van der Waals surface area contributed by atoms with Crippen LogP contribution in [0, 0.1) is 5.92 Å². The van der Waals surface area contributed by atoms with E-state index in [2.05, 4.69) is 5.32 Å². The summed E-state index contributed by atoms with van der Waals surface area (Å²) < 4.78 is 0. The summed E-state index contributed by atoms with van der Waals surface area (Å²) >= 11 is 0. The number of nitrogens with zero attached hydrogens (tertiary/aromatic N) is 1. The molecule has 1 atom stereocenters. The molecule has 0 rings (SSSR count). The van der Waals surface area contributed by atoms with Gasteiger partial charge in [-0.15, -0.1) is 0 Å². The van der Waals surface area contributed by atoms with E-state index in [1.807, 2.05) is 34.6 Å². The maximum Gasteiger partial charge on any atom is 0.317 e. The molecule has 0 aromatic heterocycles. The molecule has 0 aliphatic heterocycles. The maximum absolute atomic E-state index is 11.9. The number of hydrogen-bond donors (Lipinski definition) is 2. The van der Waals surface area contributed by atoms with Gasteiger partial charge in [0.25, 0.3) is 0 Å². The maximum atomic E-state index is 11.9. The Morgan fingerprint density at radius 3 is 2.06 bits per heavy atom. The summed E-state index contributed by atoms with van der Waals surface area (Å²) in [5.74, 6) is -0.534. The molecule has 0 fully saturated rings. The quantitative estimate of drug-likeness (QED) is 0.750. The van der Waals surface area contributed by atoms with Crippen molar-refractivity contribution in [2.75, 3.05) is 6.54 Å². The summed E-state index contributed by atoms with van der Waals surface area (Å²) in [6.45, 7) is 9.99.